The molecule has 0 spiro atoms. The Labute approximate surface area is 150 Å². The molecule has 26 heavy (non-hydrogen) atoms. The molecule has 9 nitrogen and oxygen atoms in total. The van der Waals surface area contributed by atoms with Crippen LogP contribution in [0.3, 0.4) is 0 Å². The molecule has 9 heteroatoms. The lowest BCUT2D eigenvalue weighted by molar-refractivity contribution is -0.133. The number of carbonyl (C=O) groups is 1. The van der Waals surface area contributed by atoms with Crippen LogP contribution in [0, 0.1) is 13.8 Å². The molecule has 0 bridgehead atoms. The van der Waals surface area contributed by atoms with Gasteiger partial charge in [0, 0.05) is 49.8 Å². The molecule has 3 aromatic rings. The molecule has 1 fully saturated rings. The van der Waals surface area contributed by atoms with Crippen molar-refractivity contribution in [1.29, 1.82) is 0 Å². The molecule has 3 aromatic heterocycles. The number of nitrogens with zero attached hydrogens (tertiary/aromatic N) is 6. The first-order chi connectivity index (χ1) is 12.5. The van der Waals surface area contributed by atoms with Gasteiger partial charge in [-0.15, -0.1) is 5.10 Å². The molecule has 1 aliphatic heterocycles. The summed E-state index contributed by atoms with van der Waals surface area (Å²) in [5, 5.41) is 11.6. The van der Waals surface area contributed by atoms with Crippen LogP contribution in [0.4, 0.5) is 5.82 Å². The minimum Gasteiger partial charge on any atom is -0.352 e. The Morgan fingerprint density at radius 1 is 1.23 bits per heavy atom. The zero-order valence-corrected chi connectivity index (χ0v) is 14.9. The standard InChI is InChI=1S/C17H22N8O/c1-11-15(12(2)21-20-11)16(18)17(26)24-9-7-23(8-10-24)14-4-3-13-19-5-6-25(13)22-14/h3-6,16H,7-10,18H2,1-2H3,(H,20,21)/t16-/m1/s1. The Morgan fingerprint density at radius 3 is 2.69 bits per heavy atom. The van der Waals surface area contributed by atoms with E-state index in [2.05, 4.69) is 25.2 Å². The summed E-state index contributed by atoms with van der Waals surface area (Å²) in [6.07, 6.45) is 3.55. The summed E-state index contributed by atoms with van der Waals surface area (Å²) < 4.78 is 1.76. The highest BCUT2D eigenvalue weighted by atomic mass is 16.2. The fraction of sp³-hybridized carbons (Fsp3) is 0.412. The van der Waals surface area contributed by atoms with Crippen LogP contribution < -0.4 is 10.6 Å². The van der Waals surface area contributed by atoms with Gasteiger partial charge in [-0.1, -0.05) is 0 Å². The molecular weight excluding hydrogens is 332 g/mol. The maximum atomic E-state index is 12.8. The predicted molar refractivity (Wildman–Crippen MR) is 96.8 cm³/mol. The van der Waals surface area contributed by atoms with Gasteiger partial charge in [-0.05, 0) is 26.0 Å². The molecule has 1 saturated heterocycles. The van der Waals surface area contributed by atoms with Gasteiger partial charge in [-0.25, -0.2) is 9.50 Å². The maximum Gasteiger partial charge on any atom is 0.244 e. The van der Waals surface area contributed by atoms with Crippen molar-refractivity contribution in [3.63, 3.8) is 0 Å². The number of anilines is 1. The number of aryl methyl sites for hydroxylation is 2. The Bertz CT molecular complexity index is 918. The van der Waals surface area contributed by atoms with E-state index in [1.54, 1.807) is 10.7 Å². The molecule has 0 radical (unpaired) electrons. The third-order valence-corrected chi connectivity index (χ3v) is 4.92. The number of hydrogen-bond acceptors (Lipinski definition) is 6. The van der Waals surface area contributed by atoms with E-state index in [1.807, 2.05) is 37.1 Å². The zero-order chi connectivity index (χ0) is 18.3. The van der Waals surface area contributed by atoms with Crippen molar-refractivity contribution in [2.45, 2.75) is 19.9 Å². The Balaban J connectivity index is 1.43. The van der Waals surface area contributed by atoms with Crippen LogP contribution in [0.5, 0.6) is 0 Å². The number of H-pyrrole nitrogens is 1. The molecule has 1 amide bonds. The number of imidazole rings is 1. The number of carbonyl (C=O) groups excluding carboxylic acids is 1. The smallest absolute Gasteiger partial charge is 0.244 e. The second kappa shape index (κ2) is 6.41. The largest absolute Gasteiger partial charge is 0.352 e. The van der Waals surface area contributed by atoms with E-state index in [0.717, 1.165) is 41.5 Å². The summed E-state index contributed by atoms with van der Waals surface area (Å²) in [6.45, 7) is 6.42. The van der Waals surface area contributed by atoms with Gasteiger partial charge in [0.05, 0.1) is 5.69 Å². The van der Waals surface area contributed by atoms with E-state index in [1.165, 1.54) is 0 Å². The van der Waals surface area contributed by atoms with Crippen molar-refractivity contribution in [1.82, 2.24) is 29.7 Å². The average molecular weight is 354 g/mol. The third kappa shape index (κ3) is 2.80. The van der Waals surface area contributed by atoms with Gasteiger partial charge < -0.3 is 15.5 Å². The fourth-order valence-electron chi connectivity index (χ4n) is 3.47. The zero-order valence-electron chi connectivity index (χ0n) is 14.9. The van der Waals surface area contributed by atoms with Gasteiger partial charge in [0.1, 0.15) is 11.9 Å². The first-order valence-electron chi connectivity index (χ1n) is 8.66. The van der Waals surface area contributed by atoms with E-state index < -0.39 is 6.04 Å². The highest BCUT2D eigenvalue weighted by Crippen LogP contribution is 2.21. The van der Waals surface area contributed by atoms with Gasteiger partial charge in [-0.2, -0.15) is 5.10 Å². The van der Waals surface area contributed by atoms with Crippen molar-refractivity contribution in [2.75, 3.05) is 31.1 Å². The topological polar surface area (TPSA) is 108 Å². The Kier molecular flexibility index (Phi) is 4.08. The molecule has 4 rings (SSSR count). The number of amides is 1. The first kappa shape index (κ1) is 16.5. The molecule has 0 aromatic carbocycles. The normalized spacial score (nSPS) is 16.3. The molecule has 136 valence electrons. The van der Waals surface area contributed by atoms with Crippen LogP contribution in [-0.4, -0.2) is 61.8 Å². The quantitative estimate of drug-likeness (QED) is 0.706. The van der Waals surface area contributed by atoms with Crippen molar-refractivity contribution >= 4 is 17.4 Å². The number of aromatic nitrogens is 5. The molecule has 0 saturated carbocycles. The predicted octanol–water partition coefficient (Wildman–Crippen LogP) is 0.418. The summed E-state index contributed by atoms with van der Waals surface area (Å²) in [5.74, 6) is 0.823. The van der Waals surface area contributed by atoms with E-state index in [0.29, 0.717) is 13.1 Å². The van der Waals surface area contributed by atoms with Crippen molar-refractivity contribution in [2.24, 2.45) is 5.73 Å². The second-order valence-corrected chi connectivity index (χ2v) is 6.56. The van der Waals surface area contributed by atoms with Crippen molar-refractivity contribution in [3.05, 3.63) is 41.5 Å². The number of aromatic amines is 1. The SMILES string of the molecule is Cc1n[nH]c(C)c1[C@@H](N)C(=O)N1CCN(c2ccc3nccn3n2)CC1. The van der Waals surface area contributed by atoms with E-state index in [9.17, 15) is 4.79 Å². The second-order valence-electron chi connectivity index (χ2n) is 6.56. The van der Waals surface area contributed by atoms with Gasteiger partial charge >= 0.3 is 0 Å². The Morgan fingerprint density at radius 2 is 2.00 bits per heavy atom. The Hall–Kier alpha value is -2.94. The molecular formula is C17H22N8O. The van der Waals surface area contributed by atoms with E-state index >= 15 is 0 Å². The molecule has 1 atom stereocenters. The van der Waals surface area contributed by atoms with E-state index in [4.69, 9.17) is 5.73 Å². The number of hydrogen-bond donors (Lipinski definition) is 2. The van der Waals surface area contributed by atoms with Gasteiger partial charge in [0.15, 0.2) is 5.65 Å². The fourth-order valence-corrected chi connectivity index (χ4v) is 3.47. The van der Waals surface area contributed by atoms with Gasteiger partial charge in [-0.3, -0.25) is 9.89 Å². The third-order valence-electron chi connectivity index (χ3n) is 4.92. The molecule has 3 N–H and O–H groups in total. The van der Waals surface area contributed by atoms with Crippen LogP contribution in [0.2, 0.25) is 0 Å². The number of nitrogens with one attached hydrogen (secondary N) is 1. The van der Waals surface area contributed by atoms with Crippen molar-refractivity contribution in [3.8, 4) is 0 Å². The minimum atomic E-state index is -0.680. The van der Waals surface area contributed by atoms with Crippen molar-refractivity contribution < 1.29 is 4.79 Å². The lowest BCUT2D eigenvalue weighted by atomic mass is 10.0. The highest BCUT2D eigenvalue weighted by molar-refractivity contribution is 5.84. The molecule has 1 aliphatic rings. The maximum absolute atomic E-state index is 12.8. The number of piperazine rings is 1. The minimum absolute atomic E-state index is 0.0599. The summed E-state index contributed by atoms with van der Waals surface area (Å²) in [5.41, 5.74) is 9.46. The van der Waals surface area contributed by atoms with Gasteiger partial charge in [0.25, 0.3) is 0 Å². The number of rotatable bonds is 3. The first-order valence-corrected chi connectivity index (χ1v) is 8.66. The van der Waals surface area contributed by atoms with Crippen LogP contribution in [0.15, 0.2) is 24.5 Å². The van der Waals surface area contributed by atoms with Gasteiger partial charge in [0.2, 0.25) is 5.91 Å². The highest BCUT2D eigenvalue weighted by Gasteiger charge is 2.29. The molecule has 0 aliphatic carbocycles. The van der Waals surface area contributed by atoms with Crippen LogP contribution in [0.25, 0.3) is 5.65 Å². The lowest BCUT2D eigenvalue weighted by Crippen LogP contribution is -2.51. The summed E-state index contributed by atoms with van der Waals surface area (Å²) in [7, 11) is 0. The summed E-state index contributed by atoms with van der Waals surface area (Å²) in [6, 6.07) is 3.23. The number of fused-ring (bicyclic) bond motifs is 1. The van der Waals surface area contributed by atoms with Crippen LogP contribution in [0.1, 0.15) is 23.0 Å². The summed E-state index contributed by atoms with van der Waals surface area (Å²) >= 11 is 0. The van der Waals surface area contributed by atoms with Crippen LogP contribution in [-0.2, 0) is 4.79 Å². The van der Waals surface area contributed by atoms with E-state index in [-0.39, 0.29) is 5.91 Å². The molecule has 0 unspecified atom stereocenters. The summed E-state index contributed by atoms with van der Waals surface area (Å²) in [4.78, 5) is 21.0. The average Bonchev–Trinajstić information content (AvgIpc) is 3.26. The van der Waals surface area contributed by atoms with Crippen LogP contribution >= 0.6 is 0 Å². The lowest BCUT2D eigenvalue weighted by Gasteiger charge is -2.36. The molecule has 4 heterocycles. The number of nitrogens with two attached hydrogens (primary N) is 1. The monoisotopic (exact) mass is 354 g/mol.